The number of nitrogens with one attached hydrogen (secondary N) is 2. The van der Waals surface area contributed by atoms with Crippen molar-refractivity contribution in [3.63, 3.8) is 0 Å². The smallest absolute Gasteiger partial charge is 0.235 e. The lowest BCUT2D eigenvalue weighted by molar-refractivity contribution is -0.119. The highest BCUT2D eigenvalue weighted by molar-refractivity contribution is 7.92. The average Bonchev–Trinajstić information content (AvgIpc) is 2.09. The van der Waals surface area contributed by atoms with Crippen molar-refractivity contribution in [2.45, 2.75) is 13.3 Å². The predicted molar refractivity (Wildman–Crippen MR) is 61.9 cm³/mol. The molecular formula is C7H15N3O3S2. The van der Waals surface area contributed by atoms with Crippen molar-refractivity contribution in [1.82, 2.24) is 10.0 Å². The molecule has 0 aromatic carbocycles. The Hall–Kier alpha value is -0.730. The van der Waals surface area contributed by atoms with E-state index >= 15 is 0 Å². The molecule has 0 saturated carbocycles. The zero-order chi connectivity index (χ0) is 11.9. The molecule has 0 bridgehead atoms. The van der Waals surface area contributed by atoms with Gasteiger partial charge in [-0.1, -0.05) is 19.1 Å². The number of sulfonamides is 1. The molecule has 0 aromatic rings. The van der Waals surface area contributed by atoms with E-state index in [0.717, 1.165) is 6.42 Å². The molecule has 6 nitrogen and oxygen atoms in total. The van der Waals surface area contributed by atoms with E-state index in [1.54, 1.807) is 0 Å². The molecule has 0 radical (unpaired) electrons. The lowest BCUT2D eigenvalue weighted by Gasteiger charge is -2.06. The van der Waals surface area contributed by atoms with Crippen molar-refractivity contribution in [2.24, 2.45) is 5.73 Å². The molecule has 0 unspecified atom stereocenters. The number of thiocarbonyl (C=S) groups is 1. The molecule has 0 rings (SSSR count). The Morgan fingerprint density at radius 1 is 1.47 bits per heavy atom. The van der Waals surface area contributed by atoms with Crippen LogP contribution in [0.5, 0.6) is 0 Å². The van der Waals surface area contributed by atoms with Gasteiger partial charge in [0.15, 0.2) is 0 Å². The van der Waals surface area contributed by atoms with Gasteiger partial charge in [-0.05, 0) is 6.42 Å². The Morgan fingerprint density at radius 3 is 2.53 bits per heavy atom. The summed E-state index contributed by atoms with van der Waals surface area (Å²) in [4.78, 5) is 10.9. The monoisotopic (exact) mass is 253 g/mol. The van der Waals surface area contributed by atoms with Crippen LogP contribution in [0.3, 0.4) is 0 Å². The minimum atomic E-state index is -3.58. The zero-order valence-electron chi connectivity index (χ0n) is 8.45. The Morgan fingerprint density at radius 2 is 2.07 bits per heavy atom. The number of hydrogen-bond acceptors (Lipinski definition) is 4. The van der Waals surface area contributed by atoms with Crippen LogP contribution in [0.15, 0.2) is 0 Å². The van der Waals surface area contributed by atoms with Gasteiger partial charge in [-0.15, -0.1) is 0 Å². The second-order valence-corrected chi connectivity index (χ2v) is 5.23. The topological polar surface area (TPSA) is 101 Å². The Balaban J connectivity index is 3.93. The highest BCUT2D eigenvalue weighted by atomic mass is 32.2. The fraction of sp³-hybridized carbons (Fsp3) is 0.714. The summed E-state index contributed by atoms with van der Waals surface area (Å²) in [6, 6.07) is 0. The first-order valence-electron chi connectivity index (χ1n) is 4.39. The Labute approximate surface area is 94.6 Å². The number of carbonyl (C=O) groups excluding carboxylic acids is 1. The molecule has 88 valence electrons. The van der Waals surface area contributed by atoms with E-state index in [1.807, 2.05) is 6.92 Å². The molecule has 0 aliphatic heterocycles. The predicted octanol–water partition coefficient (Wildman–Crippen LogP) is -1.28. The quantitative estimate of drug-likeness (QED) is 0.490. The minimum Gasteiger partial charge on any atom is -0.392 e. The maximum atomic E-state index is 11.2. The zero-order valence-corrected chi connectivity index (χ0v) is 10.1. The summed E-state index contributed by atoms with van der Waals surface area (Å²) in [5, 5.41) is 2.53. The molecule has 0 spiro atoms. The molecule has 1 amide bonds. The molecule has 0 heterocycles. The van der Waals surface area contributed by atoms with E-state index in [-0.39, 0.29) is 17.4 Å². The summed E-state index contributed by atoms with van der Waals surface area (Å²) in [7, 11) is -3.58. The second-order valence-electron chi connectivity index (χ2n) is 2.90. The standard InChI is InChI=1S/C7H15N3O3S2/c1-2-3-9-7(11)4-10-15(12,13)5-6(8)14/h10H,2-5H2,1H3,(H2,8,14)(H,9,11). The number of hydrogen-bond donors (Lipinski definition) is 3. The first-order chi connectivity index (χ1) is 6.87. The highest BCUT2D eigenvalue weighted by Crippen LogP contribution is 1.83. The summed E-state index contributed by atoms with van der Waals surface area (Å²) in [5.41, 5.74) is 5.08. The molecular weight excluding hydrogens is 238 g/mol. The molecule has 8 heteroatoms. The third kappa shape index (κ3) is 8.28. The summed E-state index contributed by atoms with van der Waals surface area (Å²) < 4.78 is 24.4. The molecule has 0 fully saturated rings. The van der Waals surface area contributed by atoms with E-state index in [0.29, 0.717) is 6.54 Å². The van der Waals surface area contributed by atoms with Crippen LogP contribution < -0.4 is 15.8 Å². The van der Waals surface area contributed by atoms with Gasteiger partial charge in [0.05, 0.1) is 11.5 Å². The molecule has 0 aliphatic rings. The second kappa shape index (κ2) is 6.70. The van der Waals surface area contributed by atoms with Gasteiger partial charge in [-0.3, -0.25) is 4.79 Å². The van der Waals surface area contributed by atoms with Gasteiger partial charge < -0.3 is 11.1 Å². The fourth-order valence-electron chi connectivity index (χ4n) is 0.741. The van der Waals surface area contributed by atoms with Crippen molar-refractivity contribution in [2.75, 3.05) is 18.8 Å². The van der Waals surface area contributed by atoms with Crippen molar-refractivity contribution in [3.05, 3.63) is 0 Å². The number of carbonyl (C=O) groups is 1. The van der Waals surface area contributed by atoms with Crippen LogP contribution in [0.4, 0.5) is 0 Å². The van der Waals surface area contributed by atoms with Crippen LogP contribution in [0, 0.1) is 0 Å². The van der Waals surface area contributed by atoms with Crippen LogP contribution >= 0.6 is 12.2 Å². The minimum absolute atomic E-state index is 0.128. The maximum Gasteiger partial charge on any atom is 0.235 e. The van der Waals surface area contributed by atoms with E-state index in [2.05, 4.69) is 22.3 Å². The van der Waals surface area contributed by atoms with E-state index in [4.69, 9.17) is 5.73 Å². The van der Waals surface area contributed by atoms with Crippen molar-refractivity contribution >= 4 is 33.1 Å². The maximum absolute atomic E-state index is 11.2. The van der Waals surface area contributed by atoms with E-state index < -0.39 is 15.8 Å². The third-order valence-corrected chi connectivity index (χ3v) is 2.96. The lowest BCUT2D eigenvalue weighted by Crippen LogP contribution is -2.40. The summed E-state index contributed by atoms with van der Waals surface area (Å²) >= 11 is 4.45. The molecule has 0 atom stereocenters. The highest BCUT2D eigenvalue weighted by Gasteiger charge is 2.12. The summed E-state index contributed by atoms with van der Waals surface area (Å²) in [5.74, 6) is -0.813. The fourth-order valence-corrected chi connectivity index (χ4v) is 2.03. The molecule has 0 aliphatic carbocycles. The summed E-state index contributed by atoms with van der Waals surface area (Å²) in [6.07, 6.45) is 0.797. The largest absolute Gasteiger partial charge is 0.392 e. The van der Waals surface area contributed by atoms with Crippen LogP contribution in [-0.2, 0) is 14.8 Å². The van der Waals surface area contributed by atoms with Gasteiger partial charge in [-0.2, -0.15) is 0 Å². The molecule has 0 saturated heterocycles. The molecule has 0 aromatic heterocycles. The number of nitrogens with two attached hydrogens (primary N) is 1. The third-order valence-electron chi connectivity index (χ3n) is 1.36. The van der Waals surface area contributed by atoms with Crippen molar-refractivity contribution in [1.29, 1.82) is 0 Å². The SMILES string of the molecule is CCCNC(=O)CNS(=O)(=O)CC(N)=S. The normalized spacial score (nSPS) is 11.0. The number of amides is 1. The summed E-state index contributed by atoms with van der Waals surface area (Å²) in [6.45, 7) is 2.14. The van der Waals surface area contributed by atoms with Crippen LogP contribution in [-0.4, -0.2) is 38.2 Å². The van der Waals surface area contributed by atoms with Crippen LogP contribution in [0.25, 0.3) is 0 Å². The first-order valence-corrected chi connectivity index (χ1v) is 6.45. The van der Waals surface area contributed by atoms with Gasteiger partial charge in [0.25, 0.3) is 0 Å². The van der Waals surface area contributed by atoms with Crippen molar-refractivity contribution in [3.8, 4) is 0 Å². The Kier molecular flexibility index (Phi) is 6.37. The van der Waals surface area contributed by atoms with Crippen LogP contribution in [0.2, 0.25) is 0 Å². The van der Waals surface area contributed by atoms with Gasteiger partial charge in [-0.25, -0.2) is 13.1 Å². The molecule has 4 N–H and O–H groups in total. The van der Waals surface area contributed by atoms with E-state index in [9.17, 15) is 13.2 Å². The van der Waals surface area contributed by atoms with E-state index in [1.165, 1.54) is 0 Å². The Bertz CT molecular complexity index is 326. The van der Waals surface area contributed by atoms with Gasteiger partial charge in [0.2, 0.25) is 15.9 Å². The lowest BCUT2D eigenvalue weighted by atomic mass is 10.5. The van der Waals surface area contributed by atoms with Gasteiger partial charge in [0.1, 0.15) is 5.75 Å². The average molecular weight is 253 g/mol. The first kappa shape index (κ1) is 14.3. The number of rotatable bonds is 7. The van der Waals surface area contributed by atoms with Crippen LogP contribution in [0.1, 0.15) is 13.3 Å². The van der Waals surface area contributed by atoms with Gasteiger partial charge >= 0.3 is 0 Å². The van der Waals surface area contributed by atoms with Gasteiger partial charge in [0, 0.05) is 6.54 Å². The van der Waals surface area contributed by atoms with Crippen molar-refractivity contribution < 1.29 is 13.2 Å². The molecule has 15 heavy (non-hydrogen) atoms.